The van der Waals surface area contributed by atoms with E-state index in [4.69, 9.17) is 4.98 Å². The lowest BCUT2D eigenvalue weighted by Gasteiger charge is -2.11. The van der Waals surface area contributed by atoms with E-state index < -0.39 is 0 Å². The Kier molecular flexibility index (Phi) is 4.20. The predicted molar refractivity (Wildman–Crippen MR) is 85.2 cm³/mol. The predicted octanol–water partition coefficient (Wildman–Crippen LogP) is 3.77. The summed E-state index contributed by atoms with van der Waals surface area (Å²) in [5, 5.41) is 8.66. The molecule has 0 fully saturated rings. The highest BCUT2D eigenvalue weighted by Gasteiger charge is 2.14. The standard InChI is InChI=1S/C15H15N3S2/c1-16-12(14-8-19-10-17-14)7-15-18-13(9-20-15)11-5-3-2-4-6-11/h2-6,8-10,12,16H,7H2,1H3. The summed E-state index contributed by atoms with van der Waals surface area (Å²) in [4.78, 5) is 9.11. The van der Waals surface area contributed by atoms with Crippen molar-refractivity contribution in [3.05, 3.63) is 57.3 Å². The van der Waals surface area contributed by atoms with Crippen molar-refractivity contribution in [2.24, 2.45) is 0 Å². The van der Waals surface area contributed by atoms with Gasteiger partial charge in [-0.2, -0.15) is 0 Å². The number of likely N-dealkylation sites (N-methyl/N-ethyl adjacent to an activating group) is 1. The smallest absolute Gasteiger partial charge is 0.0952 e. The SMILES string of the molecule is CNC(Cc1nc(-c2ccccc2)cs1)c1cscn1. The van der Waals surface area contributed by atoms with Crippen LogP contribution in [0, 0.1) is 0 Å². The van der Waals surface area contributed by atoms with Gasteiger partial charge in [-0.1, -0.05) is 30.3 Å². The zero-order chi connectivity index (χ0) is 13.8. The summed E-state index contributed by atoms with van der Waals surface area (Å²) in [5.41, 5.74) is 5.19. The van der Waals surface area contributed by atoms with Gasteiger partial charge in [-0.25, -0.2) is 9.97 Å². The minimum Gasteiger partial charge on any atom is -0.311 e. The third kappa shape index (κ3) is 2.95. The summed E-state index contributed by atoms with van der Waals surface area (Å²) in [6.07, 6.45) is 0.873. The van der Waals surface area contributed by atoms with Gasteiger partial charge in [0.25, 0.3) is 0 Å². The fourth-order valence-electron chi connectivity index (χ4n) is 2.07. The summed E-state index contributed by atoms with van der Waals surface area (Å²) in [6, 6.07) is 10.5. The molecular weight excluding hydrogens is 286 g/mol. The highest BCUT2D eigenvalue weighted by molar-refractivity contribution is 7.10. The maximum atomic E-state index is 4.73. The van der Waals surface area contributed by atoms with Crippen LogP contribution >= 0.6 is 22.7 Å². The fourth-order valence-corrected chi connectivity index (χ4v) is 3.53. The first-order valence-electron chi connectivity index (χ1n) is 6.42. The lowest BCUT2D eigenvalue weighted by Crippen LogP contribution is -2.19. The molecule has 0 aliphatic rings. The monoisotopic (exact) mass is 301 g/mol. The number of benzene rings is 1. The molecule has 0 bridgehead atoms. The molecule has 3 rings (SSSR count). The van der Waals surface area contributed by atoms with Gasteiger partial charge in [0.05, 0.1) is 27.9 Å². The molecule has 5 heteroatoms. The van der Waals surface area contributed by atoms with Gasteiger partial charge in [0, 0.05) is 22.7 Å². The van der Waals surface area contributed by atoms with Crippen molar-refractivity contribution in [3.63, 3.8) is 0 Å². The Labute approximate surface area is 126 Å². The molecule has 1 unspecified atom stereocenters. The van der Waals surface area contributed by atoms with Crippen molar-refractivity contribution in [2.75, 3.05) is 7.05 Å². The Bertz CT molecular complexity index is 647. The van der Waals surface area contributed by atoms with E-state index in [1.807, 2.05) is 30.8 Å². The van der Waals surface area contributed by atoms with Crippen LogP contribution in [-0.4, -0.2) is 17.0 Å². The Hall–Kier alpha value is -1.56. The fraction of sp³-hybridized carbons (Fsp3) is 0.200. The molecule has 20 heavy (non-hydrogen) atoms. The van der Waals surface area contributed by atoms with Gasteiger partial charge >= 0.3 is 0 Å². The summed E-state index contributed by atoms with van der Waals surface area (Å²) >= 11 is 3.34. The molecule has 0 saturated carbocycles. The van der Waals surface area contributed by atoms with E-state index in [9.17, 15) is 0 Å². The van der Waals surface area contributed by atoms with E-state index in [0.29, 0.717) is 0 Å². The maximum Gasteiger partial charge on any atom is 0.0952 e. The molecule has 1 N–H and O–H groups in total. The van der Waals surface area contributed by atoms with Crippen LogP contribution in [0.25, 0.3) is 11.3 Å². The van der Waals surface area contributed by atoms with Crippen molar-refractivity contribution in [2.45, 2.75) is 12.5 Å². The number of rotatable bonds is 5. The Balaban J connectivity index is 1.77. The van der Waals surface area contributed by atoms with Crippen molar-refractivity contribution >= 4 is 22.7 Å². The third-order valence-corrected chi connectivity index (χ3v) is 4.63. The largest absolute Gasteiger partial charge is 0.311 e. The van der Waals surface area contributed by atoms with Gasteiger partial charge < -0.3 is 5.32 Å². The molecule has 2 aromatic heterocycles. The second-order valence-corrected chi connectivity index (χ2v) is 6.11. The number of thiazole rings is 2. The van der Waals surface area contributed by atoms with Gasteiger partial charge in [-0.15, -0.1) is 22.7 Å². The topological polar surface area (TPSA) is 37.8 Å². The average Bonchev–Trinajstić information content (AvgIpc) is 3.17. The Morgan fingerprint density at radius 1 is 1.20 bits per heavy atom. The molecule has 0 aliphatic carbocycles. The molecular formula is C15H15N3S2. The minimum atomic E-state index is 0.232. The molecule has 0 spiro atoms. The number of hydrogen-bond acceptors (Lipinski definition) is 5. The zero-order valence-electron chi connectivity index (χ0n) is 11.1. The van der Waals surface area contributed by atoms with Crippen LogP contribution in [0.1, 0.15) is 16.7 Å². The molecule has 3 aromatic rings. The number of nitrogens with one attached hydrogen (secondary N) is 1. The third-order valence-electron chi connectivity index (χ3n) is 3.16. The molecule has 0 amide bonds. The summed E-state index contributed by atoms with van der Waals surface area (Å²) < 4.78 is 0. The second kappa shape index (κ2) is 6.26. The van der Waals surface area contributed by atoms with Crippen molar-refractivity contribution in [1.29, 1.82) is 0 Å². The van der Waals surface area contributed by atoms with Crippen LogP contribution in [0.2, 0.25) is 0 Å². The number of aromatic nitrogens is 2. The normalized spacial score (nSPS) is 12.4. The van der Waals surface area contributed by atoms with E-state index in [1.54, 1.807) is 22.7 Å². The summed E-state index contributed by atoms with van der Waals surface area (Å²) in [7, 11) is 1.97. The van der Waals surface area contributed by atoms with Gasteiger partial charge in [0.15, 0.2) is 0 Å². The van der Waals surface area contributed by atoms with Gasteiger partial charge in [-0.05, 0) is 7.05 Å². The minimum absolute atomic E-state index is 0.232. The number of nitrogens with zero attached hydrogens (tertiary/aromatic N) is 2. The van der Waals surface area contributed by atoms with Crippen LogP contribution < -0.4 is 5.32 Å². The zero-order valence-corrected chi connectivity index (χ0v) is 12.7. The highest BCUT2D eigenvalue weighted by atomic mass is 32.1. The van der Waals surface area contributed by atoms with E-state index >= 15 is 0 Å². The van der Waals surface area contributed by atoms with Crippen molar-refractivity contribution < 1.29 is 0 Å². The first kappa shape index (κ1) is 13.4. The van der Waals surface area contributed by atoms with E-state index in [1.165, 1.54) is 5.56 Å². The van der Waals surface area contributed by atoms with E-state index in [-0.39, 0.29) is 6.04 Å². The lowest BCUT2D eigenvalue weighted by molar-refractivity contribution is 0.578. The highest BCUT2D eigenvalue weighted by Crippen LogP contribution is 2.25. The molecule has 0 radical (unpaired) electrons. The molecule has 1 aromatic carbocycles. The quantitative estimate of drug-likeness (QED) is 0.779. The second-order valence-electron chi connectivity index (χ2n) is 4.45. The molecule has 1 atom stereocenters. The van der Waals surface area contributed by atoms with Gasteiger partial charge in [0.1, 0.15) is 0 Å². The molecule has 3 nitrogen and oxygen atoms in total. The van der Waals surface area contributed by atoms with Crippen LogP contribution in [-0.2, 0) is 6.42 Å². The van der Waals surface area contributed by atoms with Crippen molar-refractivity contribution in [3.8, 4) is 11.3 Å². The Morgan fingerprint density at radius 3 is 2.75 bits per heavy atom. The van der Waals surface area contributed by atoms with E-state index in [2.05, 4.69) is 33.2 Å². The molecule has 102 valence electrons. The van der Waals surface area contributed by atoms with E-state index in [0.717, 1.165) is 22.8 Å². The first-order chi connectivity index (χ1) is 9.86. The lowest BCUT2D eigenvalue weighted by atomic mass is 10.1. The average molecular weight is 301 g/mol. The van der Waals surface area contributed by atoms with Gasteiger partial charge in [0.2, 0.25) is 0 Å². The van der Waals surface area contributed by atoms with Crippen LogP contribution in [0.3, 0.4) is 0 Å². The molecule has 0 saturated heterocycles. The van der Waals surface area contributed by atoms with Crippen molar-refractivity contribution in [1.82, 2.24) is 15.3 Å². The maximum absolute atomic E-state index is 4.73. The van der Waals surface area contributed by atoms with Crippen LogP contribution in [0.4, 0.5) is 0 Å². The summed E-state index contributed by atoms with van der Waals surface area (Å²) in [6.45, 7) is 0. The first-order valence-corrected chi connectivity index (χ1v) is 8.24. The van der Waals surface area contributed by atoms with Crippen LogP contribution in [0.15, 0.2) is 46.6 Å². The molecule has 2 heterocycles. The molecule has 0 aliphatic heterocycles. The van der Waals surface area contributed by atoms with Crippen LogP contribution in [0.5, 0.6) is 0 Å². The summed E-state index contributed by atoms with van der Waals surface area (Å²) in [5.74, 6) is 0. The number of hydrogen-bond donors (Lipinski definition) is 1. The Morgan fingerprint density at radius 2 is 2.05 bits per heavy atom. The van der Waals surface area contributed by atoms with Gasteiger partial charge in [-0.3, -0.25) is 0 Å².